The van der Waals surface area contributed by atoms with Crippen LogP contribution in [-0.2, 0) is 0 Å². The summed E-state index contributed by atoms with van der Waals surface area (Å²) in [7, 11) is 0. The topological polar surface area (TPSA) is 56.0 Å². The normalized spacial score (nSPS) is 11.0. The molecule has 3 heterocycles. The first kappa shape index (κ1) is 13.8. The maximum absolute atomic E-state index is 13.4. The Morgan fingerprint density at radius 3 is 2.83 bits per heavy atom. The second kappa shape index (κ2) is 5.40. The Morgan fingerprint density at radius 1 is 1.04 bits per heavy atom. The van der Waals surface area contributed by atoms with Crippen LogP contribution in [0.3, 0.4) is 0 Å². The summed E-state index contributed by atoms with van der Waals surface area (Å²) in [6, 6.07) is 11.9. The molecule has 0 saturated heterocycles. The lowest BCUT2D eigenvalue weighted by Crippen LogP contribution is -1.98. The lowest BCUT2D eigenvalue weighted by Gasteiger charge is -2.08. The highest BCUT2D eigenvalue weighted by Gasteiger charge is 2.12. The maximum atomic E-state index is 13.4. The summed E-state index contributed by atoms with van der Waals surface area (Å²) in [5.74, 6) is -0.463. The number of fused-ring (bicyclic) bond motifs is 1. The number of halogens is 2. The van der Waals surface area contributed by atoms with Crippen LogP contribution in [0, 0.1) is 5.82 Å². The van der Waals surface area contributed by atoms with Gasteiger partial charge in [0, 0.05) is 17.3 Å². The minimum atomic E-state index is -0.463. The van der Waals surface area contributed by atoms with Crippen molar-refractivity contribution in [2.75, 3.05) is 0 Å². The fourth-order valence-corrected chi connectivity index (χ4v) is 2.53. The third-order valence-corrected chi connectivity index (χ3v) is 3.72. The fourth-order valence-electron chi connectivity index (χ4n) is 2.35. The molecule has 5 nitrogen and oxygen atoms in total. The van der Waals surface area contributed by atoms with Gasteiger partial charge in [-0.15, -0.1) is 14.8 Å². The van der Waals surface area contributed by atoms with E-state index in [0.717, 1.165) is 5.56 Å². The second-order valence-corrected chi connectivity index (χ2v) is 5.26. The van der Waals surface area contributed by atoms with Crippen molar-refractivity contribution in [3.63, 3.8) is 0 Å². The number of hydrogen-bond acceptors (Lipinski definition) is 4. The van der Waals surface area contributed by atoms with E-state index in [0.29, 0.717) is 22.6 Å². The van der Waals surface area contributed by atoms with Crippen LogP contribution < -0.4 is 0 Å². The second-order valence-electron chi connectivity index (χ2n) is 4.85. The smallest absolute Gasteiger partial charge is 0.176 e. The average Bonchev–Trinajstić information content (AvgIpc) is 3.05. The third-order valence-electron chi connectivity index (χ3n) is 3.43. The van der Waals surface area contributed by atoms with Crippen LogP contribution in [0.4, 0.5) is 4.39 Å². The molecule has 0 spiro atoms. The molecule has 0 saturated carbocycles. The van der Waals surface area contributed by atoms with Gasteiger partial charge in [-0.25, -0.2) is 9.37 Å². The van der Waals surface area contributed by atoms with Gasteiger partial charge in [0.15, 0.2) is 5.65 Å². The largest absolute Gasteiger partial charge is 0.256 e. The van der Waals surface area contributed by atoms with Crippen LogP contribution in [-0.4, -0.2) is 24.8 Å². The Hall–Kier alpha value is -2.86. The zero-order chi connectivity index (χ0) is 15.8. The van der Waals surface area contributed by atoms with Crippen molar-refractivity contribution in [3.05, 3.63) is 65.8 Å². The summed E-state index contributed by atoms with van der Waals surface area (Å²) in [6.07, 6.45) is 3.11. The summed E-state index contributed by atoms with van der Waals surface area (Å²) in [5.41, 5.74) is 3.52. The monoisotopic (exact) mass is 325 g/mol. The van der Waals surface area contributed by atoms with Gasteiger partial charge in [-0.05, 0) is 42.5 Å². The van der Waals surface area contributed by atoms with Gasteiger partial charge in [0.25, 0.3) is 0 Å². The van der Waals surface area contributed by atoms with Crippen molar-refractivity contribution >= 4 is 17.2 Å². The summed E-state index contributed by atoms with van der Waals surface area (Å²) in [5, 5.41) is 8.52. The Kier molecular flexibility index (Phi) is 3.24. The van der Waals surface area contributed by atoms with E-state index >= 15 is 0 Å². The molecular formula is C16H9ClFN5. The van der Waals surface area contributed by atoms with E-state index in [2.05, 4.69) is 20.2 Å². The van der Waals surface area contributed by atoms with Crippen molar-refractivity contribution in [3.8, 4) is 22.5 Å². The van der Waals surface area contributed by atoms with Crippen molar-refractivity contribution in [1.82, 2.24) is 24.8 Å². The molecule has 112 valence electrons. The van der Waals surface area contributed by atoms with E-state index in [1.54, 1.807) is 18.3 Å². The Labute approximate surface area is 135 Å². The summed E-state index contributed by atoms with van der Waals surface area (Å²) in [4.78, 5) is 8.47. The van der Waals surface area contributed by atoms with Gasteiger partial charge in [0.05, 0.1) is 16.4 Å². The lowest BCUT2D eigenvalue weighted by molar-refractivity contribution is 0.628. The fraction of sp³-hybridized carbons (Fsp3) is 0. The van der Waals surface area contributed by atoms with Crippen LogP contribution in [0.25, 0.3) is 28.2 Å². The number of pyridine rings is 1. The first-order valence-corrected chi connectivity index (χ1v) is 7.18. The molecule has 7 heteroatoms. The first-order chi connectivity index (χ1) is 11.2. The first-order valence-electron chi connectivity index (χ1n) is 6.80. The molecule has 0 bridgehead atoms. The number of aromatic nitrogens is 5. The van der Waals surface area contributed by atoms with Crippen LogP contribution in [0.5, 0.6) is 0 Å². The number of benzene rings is 1. The minimum absolute atomic E-state index is 0.0544. The van der Waals surface area contributed by atoms with Gasteiger partial charge >= 0.3 is 0 Å². The van der Waals surface area contributed by atoms with Crippen molar-refractivity contribution in [2.24, 2.45) is 0 Å². The van der Waals surface area contributed by atoms with Crippen molar-refractivity contribution in [2.45, 2.75) is 0 Å². The van der Waals surface area contributed by atoms with E-state index < -0.39 is 5.82 Å². The molecule has 0 aliphatic heterocycles. The van der Waals surface area contributed by atoms with E-state index in [4.69, 9.17) is 11.6 Å². The summed E-state index contributed by atoms with van der Waals surface area (Å²) in [6.45, 7) is 0. The Balaban J connectivity index is 1.90. The van der Waals surface area contributed by atoms with E-state index in [1.807, 2.05) is 24.3 Å². The van der Waals surface area contributed by atoms with Gasteiger partial charge in [-0.1, -0.05) is 11.6 Å². The molecule has 1 aromatic carbocycles. The molecule has 23 heavy (non-hydrogen) atoms. The standard InChI is InChI=1S/C16H9ClFN5/c17-12-8-10(3-4-13(12)18)16-11(2-1-7-19-16)14-5-6-15-20-9-21-23(15)22-14/h1-9H. The van der Waals surface area contributed by atoms with Crippen molar-refractivity contribution in [1.29, 1.82) is 0 Å². The molecular weight excluding hydrogens is 317 g/mol. The van der Waals surface area contributed by atoms with Crippen LogP contribution in [0.1, 0.15) is 0 Å². The highest BCUT2D eigenvalue weighted by atomic mass is 35.5. The molecule has 0 aliphatic carbocycles. The van der Waals surface area contributed by atoms with E-state index in [9.17, 15) is 4.39 Å². The average molecular weight is 326 g/mol. The quantitative estimate of drug-likeness (QED) is 0.564. The summed E-state index contributed by atoms with van der Waals surface area (Å²) >= 11 is 5.88. The van der Waals surface area contributed by atoms with Crippen LogP contribution in [0.15, 0.2) is 55.0 Å². The molecule has 0 atom stereocenters. The maximum Gasteiger partial charge on any atom is 0.176 e. The zero-order valence-corrected chi connectivity index (χ0v) is 12.4. The predicted octanol–water partition coefficient (Wildman–Crippen LogP) is 3.65. The molecule has 4 aromatic rings. The zero-order valence-electron chi connectivity index (χ0n) is 11.7. The van der Waals surface area contributed by atoms with Crippen LogP contribution in [0.2, 0.25) is 5.02 Å². The van der Waals surface area contributed by atoms with Gasteiger partial charge < -0.3 is 0 Å². The van der Waals surface area contributed by atoms with Gasteiger partial charge in [-0.3, -0.25) is 4.98 Å². The van der Waals surface area contributed by atoms with Gasteiger partial charge in [0.2, 0.25) is 0 Å². The molecule has 0 amide bonds. The van der Waals surface area contributed by atoms with E-state index in [1.165, 1.54) is 17.0 Å². The molecule has 3 aromatic heterocycles. The number of nitrogens with zero attached hydrogens (tertiary/aromatic N) is 5. The molecule has 0 N–H and O–H groups in total. The molecule has 0 radical (unpaired) electrons. The lowest BCUT2D eigenvalue weighted by atomic mass is 10.0. The number of hydrogen-bond donors (Lipinski definition) is 0. The molecule has 0 fully saturated rings. The van der Waals surface area contributed by atoms with Gasteiger partial charge in [-0.2, -0.15) is 0 Å². The Morgan fingerprint density at radius 2 is 1.96 bits per heavy atom. The molecule has 0 unspecified atom stereocenters. The Bertz CT molecular complexity index is 1010. The molecule has 4 rings (SSSR count). The number of rotatable bonds is 2. The van der Waals surface area contributed by atoms with E-state index in [-0.39, 0.29) is 5.02 Å². The summed E-state index contributed by atoms with van der Waals surface area (Å²) < 4.78 is 14.8. The highest BCUT2D eigenvalue weighted by Crippen LogP contribution is 2.31. The van der Waals surface area contributed by atoms with Crippen LogP contribution >= 0.6 is 11.6 Å². The highest BCUT2D eigenvalue weighted by molar-refractivity contribution is 6.31. The predicted molar refractivity (Wildman–Crippen MR) is 84.4 cm³/mol. The third kappa shape index (κ3) is 2.43. The van der Waals surface area contributed by atoms with Crippen molar-refractivity contribution < 1.29 is 4.39 Å². The molecule has 0 aliphatic rings. The SMILES string of the molecule is Fc1ccc(-c2ncccc2-c2ccc3ncnn3n2)cc1Cl. The minimum Gasteiger partial charge on any atom is -0.256 e. The van der Waals surface area contributed by atoms with Gasteiger partial charge in [0.1, 0.15) is 12.1 Å².